The lowest BCUT2D eigenvalue weighted by Gasteiger charge is -2.22. The van der Waals surface area contributed by atoms with Crippen LogP contribution in [-0.2, 0) is 28.8 Å². The van der Waals surface area contributed by atoms with Crippen molar-refractivity contribution in [3.63, 3.8) is 0 Å². The second-order valence-electron chi connectivity index (χ2n) is 5.29. The number of carboxylic acids is 2. The van der Waals surface area contributed by atoms with Crippen LogP contribution in [0.3, 0.4) is 0 Å². The number of aliphatic carboxylic acids is 2. The second kappa shape index (κ2) is 11.7. The summed E-state index contributed by atoms with van der Waals surface area (Å²) < 4.78 is 0. The molecule has 0 aliphatic heterocycles. The fourth-order valence-electron chi connectivity index (χ4n) is 1.72. The van der Waals surface area contributed by atoms with Gasteiger partial charge in [0.2, 0.25) is 23.6 Å². The number of amides is 4. The third-order valence-corrected chi connectivity index (χ3v) is 3.36. The lowest BCUT2D eigenvalue weighted by molar-refractivity contribution is -0.141. The van der Waals surface area contributed by atoms with Crippen LogP contribution in [0.1, 0.15) is 12.8 Å². The summed E-state index contributed by atoms with van der Waals surface area (Å²) in [4.78, 5) is 68.0. The molecule has 0 aliphatic rings. The highest BCUT2D eigenvalue weighted by Crippen LogP contribution is 1.98. The normalized spacial score (nSPS) is 13.6. The van der Waals surface area contributed by atoms with E-state index >= 15 is 0 Å². The smallest absolute Gasteiger partial charge is 0.322 e. The first-order valence-corrected chi connectivity index (χ1v) is 8.07. The molecule has 3 atom stereocenters. The number of nitrogens with two attached hydrogens (primary N) is 2. The fourth-order valence-corrected chi connectivity index (χ4v) is 1.98. The summed E-state index contributed by atoms with van der Waals surface area (Å²) in [6, 6.07) is -4.21. The largest absolute Gasteiger partial charge is 0.481 e. The van der Waals surface area contributed by atoms with Gasteiger partial charge in [0, 0.05) is 5.75 Å². The molecule has 4 amide bonds. The van der Waals surface area contributed by atoms with E-state index < -0.39 is 73.1 Å². The van der Waals surface area contributed by atoms with E-state index in [9.17, 15) is 28.8 Å². The zero-order chi connectivity index (χ0) is 21.1. The maximum atomic E-state index is 12.2. The van der Waals surface area contributed by atoms with Crippen LogP contribution < -0.4 is 27.4 Å². The van der Waals surface area contributed by atoms with Gasteiger partial charge in [-0.25, -0.2) is 0 Å². The quantitative estimate of drug-likeness (QED) is 0.146. The molecule has 0 aromatic heterocycles. The van der Waals surface area contributed by atoms with Crippen molar-refractivity contribution in [1.82, 2.24) is 16.0 Å². The lowest BCUT2D eigenvalue weighted by Crippen LogP contribution is -2.57. The van der Waals surface area contributed by atoms with Gasteiger partial charge in [-0.15, -0.1) is 0 Å². The predicted octanol–water partition coefficient (Wildman–Crippen LogP) is -4.24. The molecular weight excluding hydrogens is 386 g/mol. The van der Waals surface area contributed by atoms with Crippen molar-refractivity contribution in [1.29, 1.82) is 0 Å². The van der Waals surface area contributed by atoms with Crippen LogP contribution in [0.25, 0.3) is 0 Å². The summed E-state index contributed by atoms with van der Waals surface area (Å²) in [5.41, 5.74) is 10.4. The number of carbonyl (C=O) groups excluding carboxylic acids is 4. The van der Waals surface area contributed by atoms with Gasteiger partial charge in [0.1, 0.15) is 18.6 Å². The minimum atomic E-state index is -1.59. The highest BCUT2D eigenvalue weighted by atomic mass is 32.1. The van der Waals surface area contributed by atoms with Crippen molar-refractivity contribution in [3.8, 4) is 0 Å². The van der Waals surface area contributed by atoms with Gasteiger partial charge < -0.3 is 37.6 Å². The second-order valence-corrected chi connectivity index (χ2v) is 5.66. The first kappa shape index (κ1) is 24.1. The monoisotopic (exact) mass is 407 g/mol. The van der Waals surface area contributed by atoms with Crippen molar-refractivity contribution in [2.45, 2.75) is 31.0 Å². The maximum absolute atomic E-state index is 12.2. The van der Waals surface area contributed by atoms with E-state index in [2.05, 4.69) is 23.3 Å². The molecule has 152 valence electrons. The molecule has 0 spiro atoms. The third-order valence-electron chi connectivity index (χ3n) is 3.00. The minimum absolute atomic E-state index is 0.239. The Kier molecular flexibility index (Phi) is 10.4. The first-order valence-electron chi connectivity index (χ1n) is 7.44. The average molecular weight is 407 g/mol. The molecule has 13 nitrogen and oxygen atoms in total. The molecule has 0 rings (SSSR count). The zero-order valence-corrected chi connectivity index (χ0v) is 14.9. The van der Waals surface area contributed by atoms with E-state index in [4.69, 9.17) is 21.7 Å². The van der Waals surface area contributed by atoms with Crippen LogP contribution in [0.5, 0.6) is 0 Å². The van der Waals surface area contributed by atoms with Crippen molar-refractivity contribution < 1.29 is 39.0 Å². The molecule has 0 saturated carbocycles. The highest BCUT2D eigenvalue weighted by molar-refractivity contribution is 7.80. The lowest BCUT2D eigenvalue weighted by atomic mass is 10.1. The van der Waals surface area contributed by atoms with Crippen molar-refractivity contribution in [2.75, 3.05) is 12.3 Å². The van der Waals surface area contributed by atoms with Crippen molar-refractivity contribution in [3.05, 3.63) is 0 Å². The van der Waals surface area contributed by atoms with Gasteiger partial charge in [-0.2, -0.15) is 12.6 Å². The molecule has 0 aromatic carbocycles. The van der Waals surface area contributed by atoms with Gasteiger partial charge in [-0.05, 0) is 0 Å². The Labute approximate surface area is 158 Å². The number of carboxylic acid groups (broad SMARTS) is 2. The summed E-state index contributed by atoms with van der Waals surface area (Å²) >= 11 is 3.88. The number of carbonyl (C=O) groups is 6. The minimum Gasteiger partial charge on any atom is -0.481 e. The number of hydrogen-bond donors (Lipinski definition) is 8. The standard InChI is InChI=1S/C13H21N5O8S/c14-5(1-8(15)19)11(24)18-7(4-27)13(26)17-6(2-9(20)21)12(25)16-3-10(22)23/h5-7,27H,1-4,14H2,(H2,15,19)(H,16,25)(H,17,26)(H,18,24)(H,20,21)(H,22,23). The zero-order valence-electron chi connectivity index (χ0n) is 14.0. The Morgan fingerprint density at radius 2 is 1.41 bits per heavy atom. The van der Waals surface area contributed by atoms with Crippen LogP contribution in [-0.4, -0.2) is 76.2 Å². The van der Waals surface area contributed by atoms with E-state index in [0.29, 0.717) is 0 Å². The average Bonchev–Trinajstić information content (AvgIpc) is 2.55. The SMILES string of the molecule is NC(=O)CC(N)C(=O)NC(CS)C(=O)NC(CC(=O)O)C(=O)NCC(=O)O. The van der Waals surface area contributed by atoms with Crippen molar-refractivity contribution >= 4 is 48.2 Å². The molecule has 0 heterocycles. The van der Waals surface area contributed by atoms with Gasteiger partial charge >= 0.3 is 11.9 Å². The maximum Gasteiger partial charge on any atom is 0.322 e. The van der Waals surface area contributed by atoms with Crippen LogP contribution in [0.4, 0.5) is 0 Å². The van der Waals surface area contributed by atoms with Crippen LogP contribution in [0.15, 0.2) is 0 Å². The molecule has 9 N–H and O–H groups in total. The molecule has 3 unspecified atom stereocenters. The van der Waals surface area contributed by atoms with Gasteiger partial charge in [0.25, 0.3) is 0 Å². The van der Waals surface area contributed by atoms with E-state index in [1.54, 1.807) is 0 Å². The molecule has 0 aliphatic carbocycles. The van der Waals surface area contributed by atoms with Gasteiger partial charge in [-0.1, -0.05) is 0 Å². The Balaban J connectivity index is 5.00. The summed E-state index contributed by atoms with van der Waals surface area (Å²) in [5.74, 6) is -6.75. The topological polar surface area (TPSA) is 231 Å². The molecule has 0 bridgehead atoms. The van der Waals surface area contributed by atoms with Crippen LogP contribution in [0, 0.1) is 0 Å². The number of primary amides is 1. The molecule has 0 aromatic rings. The van der Waals surface area contributed by atoms with E-state index in [-0.39, 0.29) is 5.75 Å². The molecule has 27 heavy (non-hydrogen) atoms. The Morgan fingerprint density at radius 3 is 1.85 bits per heavy atom. The van der Waals surface area contributed by atoms with Crippen LogP contribution in [0.2, 0.25) is 0 Å². The number of thiol groups is 1. The summed E-state index contributed by atoms with van der Waals surface area (Å²) in [5, 5.41) is 23.6. The Hall–Kier alpha value is -2.87. The third kappa shape index (κ3) is 10.0. The molecule has 0 fully saturated rings. The molecule has 0 saturated heterocycles. The summed E-state index contributed by atoms with van der Waals surface area (Å²) in [7, 11) is 0. The summed E-state index contributed by atoms with van der Waals surface area (Å²) in [6.07, 6.45) is -1.29. The van der Waals surface area contributed by atoms with E-state index in [0.717, 1.165) is 0 Å². The number of rotatable bonds is 12. The molecule has 14 heteroatoms. The highest BCUT2D eigenvalue weighted by Gasteiger charge is 2.29. The first-order chi connectivity index (χ1) is 12.5. The predicted molar refractivity (Wildman–Crippen MR) is 92.4 cm³/mol. The summed E-state index contributed by atoms with van der Waals surface area (Å²) in [6.45, 7) is -0.778. The number of nitrogens with one attached hydrogen (secondary N) is 3. The van der Waals surface area contributed by atoms with Crippen molar-refractivity contribution in [2.24, 2.45) is 11.5 Å². The Bertz CT molecular complexity index is 614. The molecular formula is C13H21N5O8S. The van der Waals surface area contributed by atoms with Gasteiger partial charge in [-0.3, -0.25) is 28.8 Å². The van der Waals surface area contributed by atoms with Gasteiger partial charge in [0.05, 0.1) is 18.9 Å². The van der Waals surface area contributed by atoms with Crippen LogP contribution >= 0.6 is 12.6 Å². The van der Waals surface area contributed by atoms with Gasteiger partial charge in [0.15, 0.2) is 0 Å². The Morgan fingerprint density at radius 1 is 0.852 bits per heavy atom. The molecule has 0 radical (unpaired) electrons. The van der Waals surface area contributed by atoms with E-state index in [1.807, 2.05) is 5.32 Å². The number of hydrogen-bond acceptors (Lipinski definition) is 8. The fraction of sp³-hybridized carbons (Fsp3) is 0.538. The van der Waals surface area contributed by atoms with E-state index in [1.165, 1.54) is 0 Å².